The Morgan fingerprint density at radius 3 is 2.38 bits per heavy atom. The van der Waals surface area contributed by atoms with Gasteiger partial charge in [0.05, 0.1) is 13.2 Å². The highest BCUT2D eigenvalue weighted by atomic mass is 19.1. The standard InChI is InChI=1S/C18H22F2N2O2/c1-11-12(2)17(18(23)21-8-9-24-4)22(13(11)3)10-14-15(19)6-5-7-16(14)20/h5-7H,8-10H2,1-4H3,(H,21,23). The van der Waals surface area contributed by atoms with Gasteiger partial charge in [-0.25, -0.2) is 8.78 Å². The highest BCUT2D eigenvalue weighted by molar-refractivity contribution is 5.95. The van der Waals surface area contributed by atoms with Crippen molar-refractivity contribution in [3.05, 3.63) is 57.9 Å². The maximum absolute atomic E-state index is 14.0. The van der Waals surface area contributed by atoms with Crippen molar-refractivity contribution in [2.24, 2.45) is 0 Å². The van der Waals surface area contributed by atoms with Crippen molar-refractivity contribution in [1.82, 2.24) is 9.88 Å². The number of benzene rings is 1. The van der Waals surface area contributed by atoms with Gasteiger partial charge >= 0.3 is 0 Å². The van der Waals surface area contributed by atoms with Gasteiger partial charge in [0, 0.05) is 24.9 Å². The summed E-state index contributed by atoms with van der Waals surface area (Å²) < 4.78 is 34.6. The summed E-state index contributed by atoms with van der Waals surface area (Å²) in [5, 5.41) is 2.76. The third-order valence-corrected chi connectivity index (χ3v) is 4.32. The van der Waals surface area contributed by atoms with Crippen molar-refractivity contribution < 1.29 is 18.3 Å². The summed E-state index contributed by atoms with van der Waals surface area (Å²) in [6.45, 7) is 6.29. The molecule has 0 radical (unpaired) electrons. The Morgan fingerprint density at radius 1 is 1.17 bits per heavy atom. The highest BCUT2D eigenvalue weighted by Gasteiger charge is 2.22. The predicted octanol–water partition coefficient (Wildman–Crippen LogP) is 3.12. The van der Waals surface area contributed by atoms with E-state index < -0.39 is 11.6 Å². The van der Waals surface area contributed by atoms with Crippen LogP contribution in [0.2, 0.25) is 0 Å². The molecule has 0 saturated heterocycles. The zero-order chi connectivity index (χ0) is 17.9. The third kappa shape index (κ3) is 3.48. The van der Waals surface area contributed by atoms with Crippen LogP contribution in [0.15, 0.2) is 18.2 Å². The van der Waals surface area contributed by atoms with Crippen molar-refractivity contribution in [1.29, 1.82) is 0 Å². The van der Waals surface area contributed by atoms with Crippen molar-refractivity contribution in [3.63, 3.8) is 0 Å². The Hall–Kier alpha value is -2.21. The number of carbonyl (C=O) groups excluding carboxylic acids is 1. The Labute approximate surface area is 140 Å². The first-order valence-corrected chi connectivity index (χ1v) is 7.74. The maximum Gasteiger partial charge on any atom is 0.268 e. The molecular weight excluding hydrogens is 314 g/mol. The normalized spacial score (nSPS) is 10.9. The largest absolute Gasteiger partial charge is 0.383 e. The molecule has 0 saturated carbocycles. The number of ether oxygens (including phenoxy) is 1. The van der Waals surface area contributed by atoms with Crippen molar-refractivity contribution in [2.45, 2.75) is 27.3 Å². The van der Waals surface area contributed by atoms with Crippen LogP contribution in [0.4, 0.5) is 8.78 Å². The first-order valence-electron chi connectivity index (χ1n) is 7.74. The summed E-state index contributed by atoms with van der Waals surface area (Å²) in [4.78, 5) is 12.5. The topological polar surface area (TPSA) is 43.3 Å². The molecule has 0 bridgehead atoms. The number of hydrogen-bond donors (Lipinski definition) is 1. The van der Waals surface area contributed by atoms with E-state index in [1.807, 2.05) is 20.8 Å². The van der Waals surface area contributed by atoms with E-state index in [-0.39, 0.29) is 18.0 Å². The van der Waals surface area contributed by atoms with Crippen molar-refractivity contribution in [2.75, 3.05) is 20.3 Å². The molecule has 0 atom stereocenters. The molecule has 1 heterocycles. The number of nitrogens with zero attached hydrogens (tertiary/aromatic N) is 1. The van der Waals surface area contributed by atoms with Gasteiger partial charge in [-0.3, -0.25) is 4.79 Å². The van der Waals surface area contributed by atoms with Crippen LogP contribution in [0.3, 0.4) is 0 Å². The van der Waals surface area contributed by atoms with Crippen LogP contribution in [0.1, 0.15) is 32.9 Å². The fraction of sp³-hybridized carbons (Fsp3) is 0.389. The smallest absolute Gasteiger partial charge is 0.268 e. The van der Waals surface area contributed by atoms with Crippen molar-refractivity contribution in [3.8, 4) is 0 Å². The summed E-state index contributed by atoms with van der Waals surface area (Å²) in [5.74, 6) is -1.52. The summed E-state index contributed by atoms with van der Waals surface area (Å²) in [6, 6.07) is 3.76. The molecule has 1 aromatic heterocycles. The van der Waals surface area contributed by atoms with Gasteiger partial charge in [0.2, 0.25) is 0 Å². The van der Waals surface area contributed by atoms with Gasteiger partial charge in [-0.1, -0.05) is 6.07 Å². The Balaban J connectivity index is 2.42. The molecule has 4 nitrogen and oxygen atoms in total. The first-order chi connectivity index (χ1) is 11.4. The lowest BCUT2D eigenvalue weighted by molar-refractivity contribution is 0.0927. The van der Waals surface area contributed by atoms with Crippen LogP contribution in [0.5, 0.6) is 0 Å². The van der Waals surface area contributed by atoms with Gasteiger partial charge in [0.25, 0.3) is 5.91 Å². The fourth-order valence-corrected chi connectivity index (χ4v) is 2.70. The molecule has 0 aliphatic carbocycles. The number of rotatable bonds is 6. The van der Waals surface area contributed by atoms with Gasteiger partial charge in [-0.15, -0.1) is 0 Å². The highest BCUT2D eigenvalue weighted by Crippen LogP contribution is 2.24. The van der Waals surface area contributed by atoms with Gasteiger partial charge in [-0.05, 0) is 44.0 Å². The zero-order valence-corrected chi connectivity index (χ0v) is 14.4. The summed E-state index contributed by atoms with van der Waals surface area (Å²) >= 11 is 0. The second kappa shape index (κ2) is 7.57. The van der Waals surface area contributed by atoms with Crippen LogP contribution in [0, 0.1) is 32.4 Å². The van der Waals surface area contributed by atoms with E-state index in [4.69, 9.17) is 4.74 Å². The van der Waals surface area contributed by atoms with Gasteiger partial charge < -0.3 is 14.6 Å². The number of amides is 1. The average Bonchev–Trinajstić information content (AvgIpc) is 2.75. The maximum atomic E-state index is 14.0. The van der Waals surface area contributed by atoms with E-state index in [2.05, 4.69) is 5.32 Å². The number of hydrogen-bond acceptors (Lipinski definition) is 2. The third-order valence-electron chi connectivity index (χ3n) is 4.32. The molecule has 2 aromatic rings. The number of nitrogens with one attached hydrogen (secondary N) is 1. The molecule has 24 heavy (non-hydrogen) atoms. The minimum Gasteiger partial charge on any atom is -0.383 e. The monoisotopic (exact) mass is 336 g/mol. The summed E-state index contributed by atoms with van der Waals surface area (Å²) in [5.41, 5.74) is 2.92. The first kappa shape index (κ1) is 18.1. The van der Waals surface area contributed by atoms with E-state index in [1.54, 1.807) is 11.7 Å². The van der Waals surface area contributed by atoms with Gasteiger partial charge in [-0.2, -0.15) is 0 Å². The van der Waals surface area contributed by atoms with Crippen LogP contribution in [0.25, 0.3) is 0 Å². The van der Waals surface area contributed by atoms with E-state index in [1.165, 1.54) is 18.2 Å². The molecule has 6 heteroatoms. The second-order valence-corrected chi connectivity index (χ2v) is 5.72. The molecule has 0 aliphatic heterocycles. The lowest BCUT2D eigenvalue weighted by Gasteiger charge is -2.14. The Morgan fingerprint density at radius 2 is 1.79 bits per heavy atom. The summed E-state index contributed by atoms with van der Waals surface area (Å²) in [6.07, 6.45) is 0. The van der Waals surface area contributed by atoms with Gasteiger partial charge in [0.15, 0.2) is 0 Å². The lowest BCUT2D eigenvalue weighted by Crippen LogP contribution is -2.30. The Kier molecular flexibility index (Phi) is 5.72. The van der Waals surface area contributed by atoms with Crippen LogP contribution in [-0.2, 0) is 11.3 Å². The average molecular weight is 336 g/mol. The molecule has 0 spiro atoms. The quantitative estimate of drug-likeness (QED) is 0.824. The molecule has 2 rings (SSSR count). The van der Waals surface area contributed by atoms with Gasteiger partial charge in [0.1, 0.15) is 17.3 Å². The predicted molar refractivity (Wildman–Crippen MR) is 88.3 cm³/mol. The fourth-order valence-electron chi connectivity index (χ4n) is 2.70. The molecule has 1 N–H and O–H groups in total. The molecular formula is C18H22F2N2O2. The summed E-state index contributed by atoms with van der Waals surface area (Å²) in [7, 11) is 1.55. The van der Waals surface area contributed by atoms with Crippen molar-refractivity contribution >= 4 is 5.91 Å². The molecule has 1 amide bonds. The SMILES string of the molecule is COCCNC(=O)c1c(C)c(C)c(C)n1Cc1c(F)cccc1F. The van der Waals surface area contributed by atoms with E-state index >= 15 is 0 Å². The molecule has 130 valence electrons. The van der Waals surface area contributed by atoms with Crippen LogP contribution < -0.4 is 5.32 Å². The molecule has 0 aliphatic rings. The molecule has 0 unspecified atom stereocenters. The second-order valence-electron chi connectivity index (χ2n) is 5.72. The number of halogens is 2. The lowest BCUT2D eigenvalue weighted by atomic mass is 10.1. The number of aromatic nitrogens is 1. The minimum atomic E-state index is -0.621. The zero-order valence-electron chi connectivity index (χ0n) is 14.4. The van der Waals surface area contributed by atoms with E-state index in [9.17, 15) is 13.6 Å². The number of carbonyl (C=O) groups is 1. The van der Waals surface area contributed by atoms with E-state index in [0.717, 1.165) is 16.8 Å². The Bertz CT molecular complexity index is 734. The van der Waals surface area contributed by atoms with Crippen LogP contribution >= 0.6 is 0 Å². The molecule has 1 aromatic carbocycles. The van der Waals surface area contributed by atoms with E-state index in [0.29, 0.717) is 18.8 Å². The number of methoxy groups -OCH3 is 1. The minimum absolute atomic E-state index is 0.0357. The van der Waals surface area contributed by atoms with Crippen LogP contribution in [-0.4, -0.2) is 30.7 Å². The molecule has 0 fully saturated rings.